The van der Waals surface area contributed by atoms with Crippen molar-refractivity contribution in [2.75, 3.05) is 0 Å². The maximum atomic E-state index is 11.8. The van der Waals surface area contributed by atoms with Crippen molar-refractivity contribution in [3.8, 4) is 0 Å². The quantitative estimate of drug-likeness (QED) is 0.792. The molecule has 1 unspecified atom stereocenters. The number of nitrogens with zero attached hydrogens (tertiary/aromatic N) is 2. The standard InChI is InChI=1S/C11H18N2O2/c1-2-3-10(14)8-12-6-7-13(11(12)15)9-4-5-9/h6-7,9-10,14H,2-5,8H2,1H3. The van der Waals surface area contributed by atoms with Crippen LogP contribution in [0.15, 0.2) is 17.2 Å². The first kappa shape index (κ1) is 10.5. The van der Waals surface area contributed by atoms with Crippen LogP contribution >= 0.6 is 0 Å². The van der Waals surface area contributed by atoms with Crippen LogP contribution in [-0.4, -0.2) is 20.3 Å². The van der Waals surface area contributed by atoms with Crippen LogP contribution in [-0.2, 0) is 6.54 Å². The molecule has 1 fully saturated rings. The number of hydrogen-bond donors (Lipinski definition) is 1. The number of hydrogen-bond acceptors (Lipinski definition) is 2. The van der Waals surface area contributed by atoms with E-state index >= 15 is 0 Å². The molecule has 0 bridgehead atoms. The van der Waals surface area contributed by atoms with Gasteiger partial charge in [-0.25, -0.2) is 4.79 Å². The number of aliphatic hydroxyl groups is 1. The minimum Gasteiger partial charge on any atom is -0.391 e. The molecule has 0 saturated heterocycles. The van der Waals surface area contributed by atoms with E-state index in [-0.39, 0.29) is 5.69 Å². The smallest absolute Gasteiger partial charge is 0.328 e. The monoisotopic (exact) mass is 210 g/mol. The maximum absolute atomic E-state index is 11.8. The Morgan fingerprint density at radius 1 is 1.53 bits per heavy atom. The van der Waals surface area contributed by atoms with Crippen LogP contribution in [0, 0.1) is 0 Å². The summed E-state index contributed by atoms with van der Waals surface area (Å²) in [6.07, 6.45) is 7.13. The Morgan fingerprint density at radius 2 is 2.27 bits per heavy atom. The summed E-state index contributed by atoms with van der Waals surface area (Å²) in [5.74, 6) is 0. The van der Waals surface area contributed by atoms with Crippen LogP contribution < -0.4 is 5.69 Å². The zero-order chi connectivity index (χ0) is 10.8. The predicted octanol–water partition coefficient (Wildman–Crippen LogP) is 1.15. The van der Waals surface area contributed by atoms with Crippen LogP contribution in [0.5, 0.6) is 0 Å². The molecule has 0 spiro atoms. The van der Waals surface area contributed by atoms with Gasteiger partial charge in [0.25, 0.3) is 0 Å². The van der Waals surface area contributed by atoms with Gasteiger partial charge in [-0.3, -0.25) is 9.13 Å². The van der Waals surface area contributed by atoms with E-state index < -0.39 is 6.10 Å². The SMILES string of the molecule is CCCC(O)Cn1ccn(C2CC2)c1=O. The second-order valence-electron chi connectivity index (χ2n) is 4.31. The third kappa shape index (κ3) is 2.31. The number of aliphatic hydroxyl groups excluding tert-OH is 1. The van der Waals surface area contributed by atoms with Gasteiger partial charge in [0.1, 0.15) is 0 Å². The van der Waals surface area contributed by atoms with Gasteiger partial charge in [0, 0.05) is 18.4 Å². The van der Waals surface area contributed by atoms with Crippen molar-refractivity contribution in [2.24, 2.45) is 0 Å². The van der Waals surface area contributed by atoms with Crippen LogP contribution in [0.3, 0.4) is 0 Å². The van der Waals surface area contributed by atoms with E-state index in [2.05, 4.69) is 0 Å². The van der Waals surface area contributed by atoms with Gasteiger partial charge < -0.3 is 5.11 Å². The molecule has 1 saturated carbocycles. The Kier molecular flexibility index (Phi) is 2.95. The summed E-state index contributed by atoms with van der Waals surface area (Å²) in [6.45, 7) is 2.45. The van der Waals surface area contributed by atoms with Crippen molar-refractivity contribution in [3.05, 3.63) is 22.9 Å². The topological polar surface area (TPSA) is 47.2 Å². The summed E-state index contributed by atoms with van der Waals surface area (Å²) in [4.78, 5) is 11.8. The van der Waals surface area contributed by atoms with Crippen molar-refractivity contribution in [1.29, 1.82) is 0 Å². The Balaban J connectivity index is 2.05. The normalized spacial score (nSPS) is 18.0. The zero-order valence-electron chi connectivity index (χ0n) is 9.09. The first-order valence-electron chi connectivity index (χ1n) is 5.67. The third-order valence-corrected chi connectivity index (χ3v) is 2.84. The van der Waals surface area contributed by atoms with E-state index in [4.69, 9.17) is 0 Å². The number of imidazole rings is 1. The van der Waals surface area contributed by atoms with E-state index in [9.17, 15) is 9.90 Å². The lowest BCUT2D eigenvalue weighted by atomic mass is 10.2. The molecular weight excluding hydrogens is 192 g/mol. The summed E-state index contributed by atoms with van der Waals surface area (Å²) >= 11 is 0. The molecule has 1 atom stereocenters. The van der Waals surface area contributed by atoms with Crippen LogP contribution in [0.1, 0.15) is 38.6 Å². The highest BCUT2D eigenvalue weighted by Crippen LogP contribution is 2.33. The van der Waals surface area contributed by atoms with Crippen molar-refractivity contribution < 1.29 is 5.11 Å². The predicted molar refractivity (Wildman–Crippen MR) is 57.9 cm³/mol. The Labute approximate surface area is 89.1 Å². The molecule has 4 nitrogen and oxygen atoms in total. The number of rotatable bonds is 5. The molecule has 1 N–H and O–H groups in total. The molecule has 15 heavy (non-hydrogen) atoms. The summed E-state index contributed by atoms with van der Waals surface area (Å²) in [7, 11) is 0. The minimum atomic E-state index is -0.400. The van der Waals surface area contributed by atoms with Crippen molar-refractivity contribution in [1.82, 2.24) is 9.13 Å². The Bertz CT molecular complexity index is 376. The van der Waals surface area contributed by atoms with Crippen LogP contribution in [0.4, 0.5) is 0 Å². The Hall–Kier alpha value is -1.03. The fourth-order valence-corrected chi connectivity index (χ4v) is 1.85. The molecule has 4 heteroatoms. The van der Waals surface area contributed by atoms with Gasteiger partial charge in [-0.1, -0.05) is 13.3 Å². The second-order valence-corrected chi connectivity index (χ2v) is 4.31. The third-order valence-electron chi connectivity index (χ3n) is 2.84. The highest BCUT2D eigenvalue weighted by Gasteiger charge is 2.25. The van der Waals surface area contributed by atoms with E-state index in [0.717, 1.165) is 25.7 Å². The van der Waals surface area contributed by atoms with Crippen molar-refractivity contribution in [2.45, 2.75) is 51.3 Å². The first-order valence-corrected chi connectivity index (χ1v) is 5.67. The first-order chi connectivity index (χ1) is 7.22. The fourth-order valence-electron chi connectivity index (χ4n) is 1.85. The lowest BCUT2D eigenvalue weighted by Crippen LogP contribution is -2.28. The van der Waals surface area contributed by atoms with Gasteiger partial charge in [0.05, 0.1) is 12.6 Å². The summed E-state index contributed by atoms with van der Waals surface area (Å²) in [6, 6.07) is 0.419. The molecule has 1 aliphatic rings. The molecule has 2 rings (SSSR count). The summed E-state index contributed by atoms with van der Waals surface area (Å²) in [5.41, 5.74) is 0.0210. The van der Waals surface area contributed by atoms with Gasteiger partial charge in [0.2, 0.25) is 0 Å². The van der Waals surface area contributed by atoms with E-state index in [1.165, 1.54) is 0 Å². The molecular formula is C11H18N2O2. The molecule has 1 aromatic heterocycles. The molecule has 0 aromatic carbocycles. The van der Waals surface area contributed by atoms with Gasteiger partial charge in [-0.15, -0.1) is 0 Å². The van der Waals surface area contributed by atoms with Crippen molar-refractivity contribution >= 4 is 0 Å². The van der Waals surface area contributed by atoms with Crippen LogP contribution in [0.2, 0.25) is 0 Å². The van der Waals surface area contributed by atoms with Crippen LogP contribution in [0.25, 0.3) is 0 Å². The summed E-state index contributed by atoms with van der Waals surface area (Å²) in [5, 5.41) is 9.62. The van der Waals surface area contributed by atoms with Gasteiger partial charge in [0.15, 0.2) is 0 Å². The lowest BCUT2D eigenvalue weighted by Gasteiger charge is -2.08. The van der Waals surface area contributed by atoms with Gasteiger partial charge in [-0.2, -0.15) is 0 Å². The average Bonchev–Trinajstić information content (AvgIpc) is 2.96. The van der Waals surface area contributed by atoms with E-state index in [0.29, 0.717) is 12.6 Å². The molecule has 0 radical (unpaired) electrons. The molecule has 0 aliphatic heterocycles. The highest BCUT2D eigenvalue weighted by molar-refractivity contribution is 4.91. The minimum absolute atomic E-state index is 0.0210. The van der Waals surface area contributed by atoms with Gasteiger partial charge >= 0.3 is 5.69 Å². The second kappa shape index (κ2) is 4.23. The molecule has 0 amide bonds. The van der Waals surface area contributed by atoms with Crippen molar-refractivity contribution in [3.63, 3.8) is 0 Å². The van der Waals surface area contributed by atoms with E-state index in [1.807, 2.05) is 13.1 Å². The number of aromatic nitrogens is 2. The molecule has 84 valence electrons. The molecule has 1 aromatic rings. The average molecular weight is 210 g/mol. The Morgan fingerprint density at radius 3 is 2.87 bits per heavy atom. The zero-order valence-corrected chi connectivity index (χ0v) is 9.09. The summed E-state index contributed by atoms with van der Waals surface area (Å²) < 4.78 is 3.39. The molecule has 1 heterocycles. The maximum Gasteiger partial charge on any atom is 0.328 e. The lowest BCUT2D eigenvalue weighted by molar-refractivity contribution is 0.142. The largest absolute Gasteiger partial charge is 0.391 e. The molecule has 1 aliphatic carbocycles. The van der Waals surface area contributed by atoms with E-state index in [1.54, 1.807) is 15.3 Å². The van der Waals surface area contributed by atoms with Gasteiger partial charge in [-0.05, 0) is 19.3 Å². The highest BCUT2D eigenvalue weighted by atomic mass is 16.3. The fraction of sp³-hybridized carbons (Fsp3) is 0.727.